The number of likely N-dealkylation sites (N-methyl/N-ethyl adjacent to an activating group) is 1. The molecule has 4 nitrogen and oxygen atoms in total. The third-order valence-corrected chi connectivity index (χ3v) is 4.04. The highest BCUT2D eigenvalue weighted by molar-refractivity contribution is 6.31. The lowest BCUT2D eigenvalue weighted by atomic mass is 10.2. The molecule has 1 amide bonds. The molecule has 1 aromatic carbocycles. The number of nitrogens with zero attached hydrogens (tertiary/aromatic N) is 3. The Balaban J connectivity index is 2.23. The standard InChI is InChI=1S/C18H20ClF2N3O/c1-11(2)10-24-18(19)14(12(3)22-24)6-8-17(25)23(4)16-9-13(20)5-7-15(16)21/h5-9,11H,10H2,1-4H3/b8-6+. The van der Waals surface area contributed by atoms with Crippen LogP contribution in [-0.2, 0) is 11.3 Å². The van der Waals surface area contributed by atoms with Crippen LogP contribution in [0.3, 0.4) is 0 Å². The molecular weight excluding hydrogens is 348 g/mol. The van der Waals surface area contributed by atoms with Gasteiger partial charge in [-0.3, -0.25) is 9.48 Å². The number of hydrogen-bond donors (Lipinski definition) is 0. The lowest BCUT2D eigenvalue weighted by molar-refractivity contribution is -0.113. The molecule has 0 N–H and O–H groups in total. The van der Waals surface area contributed by atoms with Crippen molar-refractivity contribution in [3.8, 4) is 0 Å². The summed E-state index contributed by atoms with van der Waals surface area (Å²) in [6, 6.07) is 2.95. The second kappa shape index (κ2) is 7.78. The predicted molar refractivity (Wildman–Crippen MR) is 95.6 cm³/mol. The van der Waals surface area contributed by atoms with Crippen LogP contribution in [0.5, 0.6) is 0 Å². The Kier molecular flexibility index (Phi) is 5.95. The topological polar surface area (TPSA) is 38.1 Å². The number of anilines is 1. The molecule has 0 fully saturated rings. The van der Waals surface area contributed by atoms with E-state index in [-0.39, 0.29) is 5.69 Å². The Morgan fingerprint density at radius 2 is 2.08 bits per heavy atom. The summed E-state index contributed by atoms with van der Waals surface area (Å²) in [5.41, 5.74) is 1.19. The van der Waals surface area contributed by atoms with Crippen molar-refractivity contribution in [1.29, 1.82) is 0 Å². The van der Waals surface area contributed by atoms with Crippen molar-refractivity contribution in [3.63, 3.8) is 0 Å². The Morgan fingerprint density at radius 1 is 1.40 bits per heavy atom. The maximum Gasteiger partial charge on any atom is 0.250 e. The molecule has 0 atom stereocenters. The van der Waals surface area contributed by atoms with Gasteiger partial charge in [0.15, 0.2) is 0 Å². The van der Waals surface area contributed by atoms with E-state index in [2.05, 4.69) is 18.9 Å². The monoisotopic (exact) mass is 367 g/mol. The number of aromatic nitrogens is 2. The van der Waals surface area contributed by atoms with Crippen LogP contribution in [0.15, 0.2) is 24.3 Å². The van der Waals surface area contributed by atoms with Crippen LogP contribution in [0.25, 0.3) is 6.08 Å². The van der Waals surface area contributed by atoms with E-state index in [1.54, 1.807) is 11.6 Å². The summed E-state index contributed by atoms with van der Waals surface area (Å²) in [6.45, 7) is 6.56. The minimum absolute atomic E-state index is 0.132. The molecule has 0 aliphatic heterocycles. The first-order valence-electron chi connectivity index (χ1n) is 7.84. The summed E-state index contributed by atoms with van der Waals surface area (Å²) in [5, 5.41) is 4.80. The van der Waals surface area contributed by atoms with Crippen molar-refractivity contribution in [3.05, 3.63) is 52.3 Å². The summed E-state index contributed by atoms with van der Waals surface area (Å²) < 4.78 is 28.7. The highest BCUT2D eigenvalue weighted by atomic mass is 35.5. The second-order valence-electron chi connectivity index (χ2n) is 6.19. The maximum atomic E-state index is 13.8. The van der Waals surface area contributed by atoms with Crippen LogP contribution >= 0.6 is 11.6 Å². The zero-order chi connectivity index (χ0) is 18.7. The molecule has 0 aliphatic carbocycles. The molecule has 0 spiro atoms. The summed E-state index contributed by atoms with van der Waals surface area (Å²) in [4.78, 5) is 13.3. The zero-order valence-electron chi connectivity index (χ0n) is 14.6. The van der Waals surface area contributed by atoms with Gasteiger partial charge in [0.05, 0.1) is 11.4 Å². The van der Waals surface area contributed by atoms with Crippen molar-refractivity contribution >= 4 is 29.3 Å². The van der Waals surface area contributed by atoms with Gasteiger partial charge >= 0.3 is 0 Å². The van der Waals surface area contributed by atoms with Crippen molar-refractivity contribution in [2.24, 2.45) is 5.92 Å². The molecule has 0 radical (unpaired) electrons. The van der Waals surface area contributed by atoms with Crippen LogP contribution in [-0.4, -0.2) is 22.7 Å². The third-order valence-electron chi connectivity index (χ3n) is 3.64. The molecule has 0 bridgehead atoms. The van der Waals surface area contributed by atoms with Crippen LogP contribution in [0, 0.1) is 24.5 Å². The van der Waals surface area contributed by atoms with E-state index in [9.17, 15) is 13.6 Å². The molecule has 0 saturated carbocycles. The van der Waals surface area contributed by atoms with E-state index in [0.717, 1.165) is 23.1 Å². The minimum atomic E-state index is -0.676. The van der Waals surface area contributed by atoms with Gasteiger partial charge < -0.3 is 4.90 Å². The summed E-state index contributed by atoms with van der Waals surface area (Å²) in [7, 11) is 1.38. The van der Waals surface area contributed by atoms with E-state index < -0.39 is 17.5 Å². The van der Waals surface area contributed by atoms with Gasteiger partial charge in [0.2, 0.25) is 0 Å². The summed E-state index contributed by atoms with van der Waals surface area (Å²) >= 11 is 6.31. The second-order valence-corrected chi connectivity index (χ2v) is 6.55. The summed E-state index contributed by atoms with van der Waals surface area (Å²) in [6.07, 6.45) is 2.80. The molecule has 134 valence electrons. The number of carbonyl (C=O) groups excluding carboxylic acids is 1. The molecule has 25 heavy (non-hydrogen) atoms. The van der Waals surface area contributed by atoms with Crippen LogP contribution in [0.2, 0.25) is 5.15 Å². The number of aryl methyl sites for hydroxylation is 1. The van der Waals surface area contributed by atoms with Gasteiger partial charge in [-0.2, -0.15) is 5.10 Å². The Morgan fingerprint density at radius 3 is 2.72 bits per heavy atom. The van der Waals surface area contributed by atoms with Gasteiger partial charge in [0, 0.05) is 31.3 Å². The van der Waals surface area contributed by atoms with E-state index in [1.165, 1.54) is 19.2 Å². The molecule has 0 saturated heterocycles. The van der Waals surface area contributed by atoms with E-state index in [4.69, 9.17) is 11.6 Å². The zero-order valence-corrected chi connectivity index (χ0v) is 15.3. The van der Waals surface area contributed by atoms with Crippen LogP contribution in [0.1, 0.15) is 25.1 Å². The van der Waals surface area contributed by atoms with Crippen LogP contribution in [0.4, 0.5) is 14.5 Å². The average Bonchev–Trinajstić information content (AvgIpc) is 2.80. The fourth-order valence-corrected chi connectivity index (χ4v) is 2.66. The fourth-order valence-electron chi connectivity index (χ4n) is 2.35. The first kappa shape index (κ1) is 19.1. The van der Waals surface area contributed by atoms with Gasteiger partial charge in [0.1, 0.15) is 16.8 Å². The maximum absolute atomic E-state index is 13.8. The number of amides is 1. The first-order chi connectivity index (χ1) is 11.7. The van der Waals surface area contributed by atoms with Gasteiger partial charge in [-0.15, -0.1) is 0 Å². The lowest BCUT2D eigenvalue weighted by Gasteiger charge is -2.16. The molecule has 1 aromatic heterocycles. The first-order valence-corrected chi connectivity index (χ1v) is 8.22. The molecule has 2 rings (SSSR count). The van der Waals surface area contributed by atoms with E-state index in [0.29, 0.717) is 28.9 Å². The van der Waals surface area contributed by atoms with Crippen LogP contribution < -0.4 is 4.90 Å². The van der Waals surface area contributed by atoms with Gasteiger partial charge in [0.25, 0.3) is 5.91 Å². The number of rotatable bonds is 5. The highest BCUT2D eigenvalue weighted by Gasteiger charge is 2.15. The van der Waals surface area contributed by atoms with Crippen molar-refractivity contribution in [2.75, 3.05) is 11.9 Å². The Hall–Kier alpha value is -2.21. The molecule has 0 aliphatic rings. The predicted octanol–water partition coefficient (Wildman–Crippen LogP) is 4.46. The lowest BCUT2D eigenvalue weighted by Crippen LogP contribution is -2.25. The Labute approximate surface area is 150 Å². The van der Waals surface area contributed by atoms with E-state index in [1.807, 2.05) is 0 Å². The number of carbonyl (C=O) groups is 1. The normalized spacial score (nSPS) is 11.5. The number of halogens is 3. The minimum Gasteiger partial charge on any atom is -0.309 e. The molecule has 2 aromatic rings. The molecule has 1 heterocycles. The average molecular weight is 368 g/mol. The fraction of sp³-hybridized carbons (Fsp3) is 0.333. The van der Waals surface area contributed by atoms with Crippen molar-refractivity contribution < 1.29 is 13.6 Å². The quantitative estimate of drug-likeness (QED) is 0.732. The SMILES string of the molecule is Cc1nn(CC(C)C)c(Cl)c1/C=C/C(=O)N(C)c1cc(F)ccc1F. The Bertz CT molecular complexity index is 815. The molecular formula is C18H20ClF2N3O. The molecule has 0 unspecified atom stereocenters. The van der Waals surface area contributed by atoms with Gasteiger partial charge in [-0.1, -0.05) is 25.4 Å². The van der Waals surface area contributed by atoms with Crippen molar-refractivity contribution in [1.82, 2.24) is 9.78 Å². The third kappa shape index (κ3) is 4.45. The van der Waals surface area contributed by atoms with Crippen molar-refractivity contribution in [2.45, 2.75) is 27.3 Å². The largest absolute Gasteiger partial charge is 0.309 e. The highest BCUT2D eigenvalue weighted by Crippen LogP contribution is 2.23. The summed E-state index contributed by atoms with van der Waals surface area (Å²) in [5.74, 6) is -1.42. The number of hydrogen-bond acceptors (Lipinski definition) is 2. The van der Waals surface area contributed by atoms with Gasteiger partial charge in [-0.05, 0) is 31.1 Å². The van der Waals surface area contributed by atoms with E-state index >= 15 is 0 Å². The number of benzene rings is 1. The van der Waals surface area contributed by atoms with Gasteiger partial charge in [-0.25, -0.2) is 8.78 Å². The molecule has 7 heteroatoms. The smallest absolute Gasteiger partial charge is 0.250 e.